The van der Waals surface area contributed by atoms with E-state index in [1.54, 1.807) is 18.2 Å². The van der Waals surface area contributed by atoms with E-state index in [9.17, 15) is 4.79 Å². The Labute approximate surface area is 84.9 Å². The number of benzene rings is 1. The molecule has 0 saturated carbocycles. The van der Waals surface area contributed by atoms with Gasteiger partial charge in [-0.3, -0.25) is 0 Å². The molecule has 0 aliphatic carbocycles. The first-order valence-electron chi connectivity index (χ1n) is 4.14. The van der Waals surface area contributed by atoms with E-state index in [0.29, 0.717) is 16.6 Å². The van der Waals surface area contributed by atoms with Gasteiger partial charge >= 0.3 is 6.09 Å². The van der Waals surface area contributed by atoms with Crippen molar-refractivity contribution in [3.8, 4) is 5.88 Å². The molecule has 2 aromatic rings. The van der Waals surface area contributed by atoms with Crippen LogP contribution in [0.5, 0.6) is 5.88 Å². The molecule has 0 bridgehead atoms. The average molecular weight is 204 g/mol. The summed E-state index contributed by atoms with van der Waals surface area (Å²) in [5, 5.41) is 0.552. The maximum absolute atomic E-state index is 10.6. The van der Waals surface area contributed by atoms with Crippen LogP contribution in [-0.4, -0.2) is 16.1 Å². The zero-order chi connectivity index (χ0) is 10.8. The fraction of sp³-hybridized carbons (Fsp3) is 0. The van der Waals surface area contributed by atoms with Crippen molar-refractivity contribution in [3.63, 3.8) is 0 Å². The largest absolute Gasteiger partial charge is 0.411 e. The summed E-state index contributed by atoms with van der Waals surface area (Å²) in [6, 6.07) is 5.02. The van der Waals surface area contributed by atoms with Crippen molar-refractivity contribution < 1.29 is 9.53 Å². The third-order valence-corrected chi connectivity index (χ3v) is 1.82. The number of aromatic nitrogens is 2. The number of carbonyl (C=O) groups excluding carboxylic acids is 1. The number of primary amides is 1. The predicted molar refractivity (Wildman–Crippen MR) is 54.2 cm³/mol. The topological polar surface area (TPSA) is 104 Å². The molecule has 6 nitrogen and oxygen atoms in total. The van der Waals surface area contributed by atoms with Crippen molar-refractivity contribution in [2.24, 2.45) is 5.73 Å². The Bertz CT molecular complexity index is 527. The molecule has 1 heterocycles. The zero-order valence-corrected chi connectivity index (χ0v) is 7.68. The number of fused-ring (bicyclic) bond motifs is 1. The Morgan fingerprint density at radius 2 is 2.13 bits per heavy atom. The quantitative estimate of drug-likeness (QED) is 0.664. The van der Waals surface area contributed by atoms with Crippen molar-refractivity contribution >= 4 is 22.7 Å². The van der Waals surface area contributed by atoms with Crippen molar-refractivity contribution in [2.75, 3.05) is 5.73 Å². The Morgan fingerprint density at radius 1 is 1.33 bits per heavy atom. The van der Waals surface area contributed by atoms with Crippen molar-refractivity contribution in [2.45, 2.75) is 0 Å². The van der Waals surface area contributed by atoms with E-state index in [4.69, 9.17) is 16.2 Å². The molecule has 2 rings (SSSR count). The smallest absolute Gasteiger partial charge is 0.399 e. The van der Waals surface area contributed by atoms with Crippen molar-refractivity contribution in [1.29, 1.82) is 0 Å². The van der Waals surface area contributed by atoms with E-state index in [2.05, 4.69) is 9.97 Å². The Hall–Kier alpha value is -2.37. The molecule has 0 aliphatic rings. The number of nitrogen functional groups attached to an aromatic ring is 1. The summed E-state index contributed by atoms with van der Waals surface area (Å²) in [5.74, 6) is 0.111. The van der Waals surface area contributed by atoms with E-state index in [1.165, 1.54) is 6.33 Å². The second-order valence-corrected chi connectivity index (χ2v) is 2.88. The number of hydrogen-bond acceptors (Lipinski definition) is 5. The van der Waals surface area contributed by atoms with Crippen LogP contribution in [0.25, 0.3) is 10.9 Å². The Morgan fingerprint density at radius 3 is 2.87 bits per heavy atom. The van der Waals surface area contributed by atoms with Crippen molar-refractivity contribution in [3.05, 3.63) is 24.5 Å². The minimum Gasteiger partial charge on any atom is -0.399 e. The Balaban J connectivity index is 2.63. The monoisotopic (exact) mass is 204 g/mol. The molecule has 1 amide bonds. The van der Waals surface area contributed by atoms with Crippen LogP contribution in [0, 0.1) is 0 Å². The maximum atomic E-state index is 10.6. The first-order chi connectivity index (χ1) is 7.16. The predicted octanol–water partition coefficient (Wildman–Crippen LogP) is 0.670. The van der Waals surface area contributed by atoms with Crippen LogP contribution in [0.1, 0.15) is 0 Å². The minimum atomic E-state index is -0.919. The summed E-state index contributed by atoms with van der Waals surface area (Å²) < 4.78 is 4.71. The van der Waals surface area contributed by atoms with E-state index in [0.717, 1.165) is 0 Å². The highest BCUT2D eigenvalue weighted by Gasteiger charge is 2.07. The van der Waals surface area contributed by atoms with Gasteiger partial charge in [0.25, 0.3) is 0 Å². The van der Waals surface area contributed by atoms with Gasteiger partial charge in [0.15, 0.2) is 0 Å². The fourth-order valence-corrected chi connectivity index (χ4v) is 1.23. The number of nitrogens with zero attached hydrogens (tertiary/aromatic N) is 2. The van der Waals surface area contributed by atoms with Crippen LogP contribution < -0.4 is 16.2 Å². The summed E-state index contributed by atoms with van der Waals surface area (Å²) in [6.07, 6.45) is 0.369. The van der Waals surface area contributed by atoms with E-state index < -0.39 is 6.09 Å². The van der Waals surface area contributed by atoms with Crippen LogP contribution in [0.15, 0.2) is 24.5 Å². The van der Waals surface area contributed by atoms with Gasteiger partial charge in [-0.2, -0.15) is 0 Å². The van der Waals surface area contributed by atoms with E-state index in [-0.39, 0.29) is 5.88 Å². The van der Waals surface area contributed by atoms with Gasteiger partial charge in [-0.1, -0.05) is 0 Å². The van der Waals surface area contributed by atoms with Gasteiger partial charge in [0.05, 0.1) is 10.9 Å². The summed E-state index contributed by atoms with van der Waals surface area (Å²) in [6.45, 7) is 0. The van der Waals surface area contributed by atoms with Crippen LogP contribution in [-0.2, 0) is 0 Å². The van der Waals surface area contributed by atoms with E-state index >= 15 is 0 Å². The number of ether oxygens (including phenoxy) is 1. The number of rotatable bonds is 1. The van der Waals surface area contributed by atoms with Gasteiger partial charge < -0.3 is 16.2 Å². The number of nitrogens with two attached hydrogens (primary N) is 2. The lowest BCUT2D eigenvalue weighted by Crippen LogP contribution is -2.17. The molecule has 4 N–H and O–H groups in total. The third-order valence-electron chi connectivity index (χ3n) is 1.82. The van der Waals surface area contributed by atoms with Crippen LogP contribution in [0.3, 0.4) is 0 Å². The lowest BCUT2D eigenvalue weighted by molar-refractivity contribution is 0.209. The van der Waals surface area contributed by atoms with Gasteiger partial charge in [-0.05, 0) is 18.2 Å². The number of amides is 1. The summed E-state index contributed by atoms with van der Waals surface area (Å²) in [4.78, 5) is 18.4. The third kappa shape index (κ3) is 1.78. The normalized spacial score (nSPS) is 10.1. The lowest BCUT2D eigenvalue weighted by Gasteiger charge is -2.03. The standard InChI is InChI=1S/C9H8N4O2/c10-5-1-2-7-6(3-5)8(13-4-12-7)15-9(11)14/h1-4H,10H2,(H2,11,14). The van der Waals surface area contributed by atoms with Crippen molar-refractivity contribution in [1.82, 2.24) is 9.97 Å². The molecule has 0 saturated heterocycles. The van der Waals surface area contributed by atoms with Crippen LogP contribution in [0.2, 0.25) is 0 Å². The second kappa shape index (κ2) is 3.41. The molecule has 1 aromatic heterocycles. The average Bonchev–Trinajstić information content (AvgIpc) is 2.18. The molecule has 76 valence electrons. The molecule has 0 fully saturated rings. The molecule has 15 heavy (non-hydrogen) atoms. The van der Waals surface area contributed by atoms with Gasteiger partial charge in [0.2, 0.25) is 5.88 Å². The molecular weight excluding hydrogens is 196 g/mol. The number of hydrogen-bond donors (Lipinski definition) is 2. The molecule has 0 unspecified atom stereocenters. The molecule has 0 spiro atoms. The molecule has 6 heteroatoms. The van der Waals surface area contributed by atoms with Gasteiger partial charge in [0, 0.05) is 5.69 Å². The van der Waals surface area contributed by atoms with E-state index in [1.807, 2.05) is 0 Å². The first kappa shape index (κ1) is 9.20. The zero-order valence-electron chi connectivity index (χ0n) is 7.68. The second-order valence-electron chi connectivity index (χ2n) is 2.88. The summed E-state index contributed by atoms with van der Waals surface area (Å²) in [7, 11) is 0. The number of carbonyl (C=O) groups is 1. The van der Waals surface area contributed by atoms with Gasteiger partial charge in [-0.25, -0.2) is 14.8 Å². The van der Waals surface area contributed by atoms with Gasteiger partial charge in [-0.15, -0.1) is 0 Å². The van der Waals surface area contributed by atoms with Crippen LogP contribution in [0.4, 0.5) is 10.5 Å². The van der Waals surface area contributed by atoms with Crippen LogP contribution >= 0.6 is 0 Å². The summed E-state index contributed by atoms with van der Waals surface area (Å²) in [5.41, 5.74) is 11.7. The summed E-state index contributed by atoms with van der Waals surface area (Å²) >= 11 is 0. The molecule has 0 radical (unpaired) electrons. The lowest BCUT2D eigenvalue weighted by atomic mass is 10.2. The Kier molecular flexibility index (Phi) is 2.09. The highest BCUT2D eigenvalue weighted by molar-refractivity contribution is 5.87. The SMILES string of the molecule is NC(=O)Oc1ncnc2ccc(N)cc12. The maximum Gasteiger partial charge on any atom is 0.411 e. The highest BCUT2D eigenvalue weighted by atomic mass is 16.6. The molecule has 0 atom stereocenters. The first-order valence-corrected chi connectivity index (χ1v) is 4.14. The number of anilines is 1. The molecule has 1 aromatic carbocycles. The minimum absolute atomic E-state index is 0.111. The molecular formula is C9H8N4O2. The fourth-order valence-electron chi connectivity index (χ4n) is 1.23. The molecule has 0 aliphatic heterocycles. The highest BCUT2D eigenvalue weighted by Crippen LogP contribution is 2.23. The van der Waals surface area contributed by atoms with Gasteiger partial charge in [0.1, 0.15) is 6.33 Å².